The molecule has 0 bridgehead atoms. The average molecular weight is 335 g/mol. The molecule has 2 amide bonds. The molecule has 0 heterocycles. The van der Waals surface area contributed by atoms with Crippen molar-refractivity contribution in [3.05, 3.63) is 29.8 Å². The first kappa shape index (κ1) is 19.8. The molecule has 0 aliphatic carbocycles. The van der Waals surface area contributed by atoms with Crippen LogP contribution in [0.1, 0.15) is 46.1 Å². The number of carbonyl (C=O) groups excluding carboxylic acids is 1. The third kappa shape index (κ3) is 9.02. The Balaban J connectivity index is 2.29. The first-order valence-corrected chi connectivity index (χ1v) is 8.29. The second kappa shape index (κ2) is 9.15. The molecule has 1 aromatic carbocycles. The smallest absolute Gasteiger partial charge is 0.315 e. The molecule has 0 aliphatic rings. The molecule has 0 aliphatic heterocycles. The Kier molecular flexibility index (Phi) is 7.55. The predicted octanol–water partition coefficient (Wildman–Crippen LogP) is 2.99. The van der Waals surface area contributed by atoms with Crippen LogP contribution in [0.25, 0.3) is 0 Å². The topological polar surface area (TPSA) is 90.5 Å². The molecule has 6 heteroatoms. The lowest BCUT2D eigenvalue weighted by Crippen LogP contribution is -2.41. The van der Waals surface area contributed by atoms with E-state index in [0.717, 1.165) is 17.7 Å². The number of benzene rings is 1. The van der Waals surface area contributed by atoms with Gasteiger partial charge in [-0.15, -0.1) is 0 Å². The number of anilines is 1. The Hall–Kier alpha value is -2.24. The molecule has 0 saturated carbocycles. The van der Waals surface area contributed by atoms with E-state index < -0.39 is 5.97 Å². The minimum absolute atomic E-state index is 0.0263. The maximum absolute atomic E-state index is 11.7. The molecule has 0 spiro atoms. The van der Waals surface area contributed by atoms with Gasteiger partial charge < -0.3 is 21.1 Å². The van der Waals surface area contributed by atoms with Crippen molar-refractivity contribution in [1.29, 1.82) is 0 Å². The molecule has 1 atom stereocenters. The van der Waals surface area contributed by atoms with Gasteiger partial charge in [0.25, 0.3) is 0 Å². The zero-order valence-corrected chi connectivity index (χ0v) is 15.0. The van der Waals surface area contributed by atoms with E-state index in [1.807, 2.05) is 24.3 Å². The normalized spacial score (nSPS) is 12.3. The largest absolute Gasteiger partial charge is 0.481 e. The summed E-state index contributed by atoms with van der Waals surface area (Å²) in [5, 5.41) is 17.5. The van der Waals surface area contributed by atoms with Crippen LogP contribution in [0.5, 0.6) is 0 Å². The average Bonchev–Trinajstić information content (AvgIpc) is 2.45. The Morgan fingerprint density at radius 3 is 2.33 bits per heavy atom. The molecule has 4 N–H and O–H groups in total. The molecule has 134 valence electrons. The van der Waals surface area contributed by atoms with E-state index in [4.69, 9.17) is 5.11 Å². The number of nitrogens with one attached hydrogen (secondary N) is 3. The van der Waals surface area contributed by atoms with E-state index in [9.17, 15) is 9.59 Å². The summed E-state index contributed by atoms with van der Waals surface area (Å²) in [6, 6.07) is 7.73. The molecule has 24 heavy (non-hydrogen) atoms. The SMILES string of the molecule is C[C@H](CCC(=O)O)NC(=O)NCCc1ccc(NC(C)(C)C)cc1. The fraction of sp³-hybridized carbons (Fsp3) is 0.556. The van der Waals surface area contributed by atoms with Crippen LogP contribution in [0.2, 0.25) is 0 Å². The quantitative estimate of drug-likeness (QED) is 0.588. The predicted molar refractivity (Wildman–Crippen MR) is 96.4 cm³/mol. The molecule has 1 rings (SSSR count). The minimum Gasteiger partial charge on any atom is -0.481 e. The van der Waals surface area contributed by atoms with Crippen LogP contribution in [0.15, 0.2) is 24.3 Å². The minimum atomic E-state index is -0.853. The molecule has 6 nitrogen and oxygen atoms in total. The highest BCUT2D eigenvalue weighted by Gasteiger charge is 2.10. The van der Waals surface area contributed by atoms with Crippen molar-refractivity contribution in [1.82, 2.24) is 10.6 Å². The molecular weight excluding hydrogens is 306 g/mol. The Bertz CT molecular complexity index is 535. The number of hydrogen-bond donors (Lipinski definition) is 4. The van der Waals surface area contributed by atoms with E-state index >= 15 is 0 Å². The van der Waals surface area contributed by atoms with Gasteiger partial charge in [-0.1, -0.05) is 12.1 Å². The summed E-state index contributed by atoms with van der Waals surface area (Å²) >= 11 is 0. The number of rotatable bonds is 8. The van der Waals surface area contributed by atoms with Crippen LogP contribution in [-0.4, -0.2) is 35.2 Å². The van der Waals surface area contributed by atoms with Crippen molar-refractivity contribution < 1.29 is 14.7 Å². The van der Waals surface area contributed by atoms with E-state index in [-0.39, 0.29) is 24.0 Å². The van der Waals surface area contributed by atoms with Gasteiger partial charge in [0.1, 0.15) is 0 Å². The Morgan fingerprint density at radius 2 is 1.79 bits per heavy atom. The summed E-state index contributed by atoms with van der Waals surface area (Å²) in [6.07, 6.45) is 1.22. The zero-order valence-electron chi connectivity index (χ0n) is 15.0. The van der Waals surface area contributed by atoms with Crippen molar-refractivity contribution in [2.75, 3.05) is 11.9 Å². The summed E-state index contributed by atoms with van der Waals surface area (Å²) < 4.78 is 0. The van der Waals surface area contributed by atoms with Crippen LogP contribution >= 0.6 is 0 Å². The standard InChI is InChI=1S/C18H29N3O3/c1-13(5-10-16(22)23)20-17(24)19-12-11-14-6-8-15(9-7-14)21-18(2,3)4/h6-9,13,21H,5,10-12H2,1-4H3,(H,22,23)(H2,19,20,24)/t13-/m1/s1. The molecule has 0 aromatic heterocycles. The van der Waals surface area contributed by atoms with Crippen LogP contribution in [-0.2, 0) is 11.2 Å². The summed E-state index contributed by atoms with van der Waals surface area (Å²) in [4.78, 5) is 22.2. The van der Waals surface area contributed by atoms with Gasteiger partial charge in [0.2, 0.25) is 0 Å². The number of carboxylic acids is 1. The third-order valence-electron chi connectivity index (χ3n) is 3.34. The maximum atomic E-state index is 11.7. The maximum Gasteiger partial charge on any atom is 0.315 e. The molecule has 1 aromatic rings. The molecule has 0 radical (unpaired) electrons. The van der Waals surface area contributed by atoms with Gasteiger partial charge >= 0.3 is 12.0 Å². The first-order valence-electron chi connectivity index (χ1n) is 8.29. The Labute approximate surface area is 144 Å². The highest BCUT2D eigenvalue weighted by molar-refractivity contribution is 5.74. The Morgan fingerprint density at radius 1 is 1.17 bits per heavy atom. The highest BCUT2D eigenvalue weighted by atomic mass is 16.4. The summed E-state index contributed by atoms with van der Waals surface area (Å²) in [5.41, 5.74) is 2.25. The van der Waals surface area contributed by atoms with Crippen molar-refractivity contribution in [2.45, 2.75) is 58.5 Å². The van der Waals surface area contributed by atoms with Crippen LogP contribution in [0.4, 0.5) is 10.5 Å². The van der Waals surface area contributed by atoms with Gasteiger partial charge in [0, 0.05) is 30.2 Å². The summed E-state index contributed by atoms with van der Waals surface area (Å²) in [7, 11) is 0. The van der Waals surface area contributed by atoms with Crippen LogP contribution in [0, 0.1) is 0 Å². The van der Waals surface area contributed by atoms with Gasteiger partial charge in [0.05, 0.1) is 0 Å². The van der Waals surface area contributed by atoms with E-state index in [1.165, 1.54) is 0 Å². The second-order valence-electron chi connectivity index (χ2n) is 7.06. The van der Waals surface area contributed by atoms with E-state index in [2.05, 4.69) is 36.7 Å². The van der Waals surface area contributed by atoms with Gasteiger partial charge in [-0.25, -0.2) is 4.79 Å². The molecule has 0 fully saturated rings. The number of amides is 2. The van der Waals surface area contributed by atoms with Gasteiger partial charge in [-0.3, -0.25) is 4.79 Å². The highest BCUT2D eigenvalue weighted by Crippen LogP contribution is 2.15. The fourth-order valence-corrected chi connectivity index (χ4v) is 2.20. The lowest BCUT2D eigenvalue weighted by molar-refractivity contribution is -0.137. The van der Waals surface area contributed by atoms with Crippen molar-refractivity contribution >= 4 is 17.7 Å². The number of aliphatic carboxylic acids is 1. The van der Waals surface area contributed by atoms with Crippen LogP contribution < -0.4 is 16.0 Å². The zero-order chi connectivity index (χ0) is 18.2. The number of carbonyl (C=O) groups is 2. The molecule has 0 unspecified atom stereocenters. The van der Waals surface area contributed by atoms with Crippen molar-refractivity contribution in [3.63, 3.8) is 0 Å². The summed E-state index contributed by atoms with van der Waals surface area (Å²) in [6.45, 7) is 8.66. The van der Waals surface area contributed by atoms with E-state index in [1.54, 1.807) is 6.92 Å². The van der Waals surface area contributed by atoms with E-state index in [0.29, 0.717) is 13.0 Å². The monoisotopic (exact) mass is 335 g/mol. The first-order chi connectivity index (χ1) is 11.2. The second-order valence-corrected chi connectivity index (χ2v) is 7.06. The molecular formula is C18H29N3O3. The fourth-order valence-electron chi connectivity index (χ4n) is 2.20. The molecule has 0 saturated heterocycles. The van der Waals surface area contributed by atoms with Crippen molar-refractivity contribution in [2.24, 2.45) is 0 Å². The van der Waals surface area contributed by atoms with Crippen LogP contribution in [0.3, 0.4) is 0 Å². The van der Waals surface area contributed by atoms with Gasteiger partial charge in [0.15, 0.2) is 0 Å². The lowest BCUT2D eigenvalue weighted by atomic mass is 10.1. The summed E-state index contributed by atoms with van der Waals surface area (Å²) in [5.74, 6) is -0.853. The number of carboxylic acid groups (broad SMARTS) is 1. The number of urea groups is 1. The lowest BCUT2D eigenvalue weighted by Gasteiger charge is -2.22. The van der Waals surface area contributed by atoms with Crippen molar-refractivity contribution in [3.8, 4) is 0 Å². The third-order valence-corrected chi connectivity index (χ3v) is 3.34. The number of hydrogen-bond acceptors (Lipinski definition) is 3. The van der Waals surface area contributed by atoms with Gasteiger partial charge in [-0.2, -0.15) is 0 Å². The van der Waals surface area contributed by atoms with Gasteiger partial charge in [-0.05, 0) is 58.2 Å².